The number of hydrogen-bond donors (Lipinski definition) is 1. The molecular formula is C26H18N2O. The summed E-state index contributed by atoms with van der Waals surface area (Å²) in [5.41, 5.74) is 3.96. The number of hydrogen-bond acceptors (Lipinski definition) is 2. The number of aromatic nitrogens is 1. The molecule has 0 saturated carbocycles. The Balaban J connectivity index is 1.64. The second kappa shape index (κ2) is 7.21. The van der Waals surface area contributed by atoms with Gasteiger partial charge in [0.25, 0.3) is 5.91 Å². The van der Waals surface area contributed by atoms with E-state index in [1.807, 2.05) is 72.8 Å². The fraction of sp³-hybridized carbons (Fsp3) is 0. The van der Waals surface area contributed by atoms with E-state index in [1.54, 1.807) is 0 Å². The van der Waals surface area contributed by atoms with Crippen molar-refractivity contribution in [3.8, 4) is 11.3 Å². The Bertz CT molecular complexity index is 1340. The highest BCUT2D eigenvalue weighted by molar-refractivity contribution is 6.13. The van der Waals surface area contributed by atoms with Crippen molar-refractivity contribution in [2.24, 2.45) is 0 Å². The molecular weight excluding hydrogens is 356 g/mol. The number of nitrogens with one attached hydrogen (secondary N) is 1. The lowest BCUT2D eigenvalue weighted by Gasteiger charge is -2.11. The molecule has 5 rings (SSSR count). The van der Waals surface area contributed by atoms with Crippen LogP contribution in [-0.2, 0) is 0 Å². The molecule has 1 aromatic heterocycles. The van der Waals surface area contributed by atoms with E-state index in [-0.39, 0.29) is 5.91 Å². The largest absolute Gasteiger partial charge is 0.322 e. The van der Waals surface area contributed by atoms with E-state index in [1.165, 1.54) is 5.39 Å². The van der Waals surface area contributed by atoms with Gasteiger partial charge in [-0.15, -0.1) is 0 Å². The Hall–Kier alpha value is -3.98. The van der Waals surface area contributed by atoms with E-state index in [0.29, 0.717) is 5.56 Å². The zero-order chi connectivity index (χ0) is 19.6. The van der Waals surface area contributed by atoms with Crippen LogP contribution in [0, 0.1) is 0 Å². The topological polar surface area (TPSA) is 42.0 Å². The molecule has 0 aliphatic rings. The number of anilines is 1. The summed E-state index contributed by atoms with van der Waals surface area (Å²) in [5.74, 6) is -0.142. The second-order valence-electron chi connectivity index (χ2n) is 6.95. The molecule has 4 aromatic carbocycles. The number of rotatable bonds is 3. The number of pyridine rings is 1. The number of benzene rings is 4. The molecule has 1 N–H and O–H groups in total. The van der Waals surface area contributed by atoms with Gasteiger partial charge >= 0.3 is 0 Å². The molecule has 138 valence electrons. The molecule has 1 amide bonds. The first-order valence-corrected chi connectivity index (χ1v) is 9.53. The van der Waals surface area contributed by atoms with Crippen molar-refractivity contribution in [3.63, 3.8) is 0 Å². The third-order valence-electron chi connectivity index (χ3n) is 5.04. The molecule has 29 heavy (non-hydrogen) atoms. The third kappa shape index (κ3) is 3.34. The predicted octanol–water partition coefficient (Wildman–Crippen LogP) is 6.31. The lowest BCUT2D eigenvalue weighted by atomic mass is 10.0. The van der Waals surface area contributed by atoms with Crippen molar-refractivity contribution in [1.29, 1.82) is 0 Å². The summed E-state index contributed by atoms with van der Waals surface area (Å²) in [6.07, 6.45) is 0. The van der Waals surface area contributed by atoms with Gasteiger partial charge in [0.05, 0.1) is 16.8 Å². The molecule has 0 spiro atoms. The molecule has 0 aliphatic carbocycles. The van der Waals surface area contributed by atoms with Crippen molar-refractivity contribution in [2.45, 2.75) is 0 Å². The SMILES string of the molecule is O=C(Nc1ccccc1)c1cc(-c2ccc3ccccc3c2)nc2ccccc12. The number of carbonyl (C=O) groups excluding carboxylic acids is 1. The maximum absolute atomic E-state index is 13.1. The number of nitrogens with zero attached hydrogens (tertiary/aromatic N) is 1. The molecule has 0 fully saturated rings. The molecule has 0 radical (unpaired) electrons. The van der Waals surface area contributed by atoms with Gasteiger partial charge in [0, 0.05) is 16.6 Å². The number of carbonyl (C=O) groups is 1. The van der Waals surface area contributed by atoms with Gasteiger partial charge < -0.3 is 5.32 Å². The molecule has 5 aromatic rings. The van der Waals surface area contributed by atoms with E-state index in [0.717, 1.165) is 33.2 Å². The Labute approximate surface area is 168 Å². The minimum absolute atomic E-state index is 0.142. The van der Waals surface area contributed by atoms with Crippen molar-refractivity contribution in [1.82, 2.24) is 4.98 Å². The lowest BCUT2D eigenvalue weighted by Crippen LogP contribution is -2.13. The van der Waals surface area contributed by atoms with E-state index in [2.05, 4.69) is 35.6 Å². The lowest BCUT2D eigenvalue weighted by molar-refractivity contribution is 0.102. The zero-order valence-electron chi connectivity index (χ0n) is 15.7. The normalized spacial score (nSPS) is 10.9. The first-order chi connectivity index (χ1) is 14.3. The standard InChI is InChI=1S/C26H18N2O/c29-26(27-21-10-2-1-3-11-21)23-17-25(28-24-13-7-6-12-22(23)24)20-15-14-18-8-4-5-9-19(18)16-20/h1-17H,(H,27,29). The van der Waals surface area contributed by atoms with Crippen LogP contribution in [0.4, 0.5) is 5.69 Å². The number of para-hydroxylation sites is 2. The first kappa shape index (κ1) is 17.1. The Morgan fingerprint density at radius 1 is 0.690 bits per heavy atom. The minimum Gasteiger partial charge on any atom is -0.322 e. The van der Waals surface area contributed by atoms with E-state index in [9.17, 15) is 4.79 Å². The molecule has 0 bridgehead atoms. The Morgan fingerprint density at radius 3 is 2.28 bits per heavy atom. The van der Waals surface area contributed by atoms with Crippen LogP contribution >= 0.6 is 0 Å². The van der Waals surface area contributed by atoms with Crippen molar-refractivity contribution < 1.29 is 4.79 Å². The zero-order valence-corrected chi connectivity index (χ0v) is 15.7. The van der Waals surface area contributed by atoms with Crippen LogP contribution in [0.15, 0.2) is 103 Å². The minimum atomic E-state index is -0.142. The number of fused-ring (bicyclic) bond motifs is 2. The van der Waals surface area contributed by atoms with E-state index >= 15 is 0 Å². The van der Waals surface area contributed by atoms with Crippen LogP contribution in [0.25, 0.3) is 32.9 Å². The fourth-order valence-corrected chi connectivity index (χ4v) is 3.58. The summed E-state index contributed by atoms with van der Waals surface area (Å²) in [6.45, 7) is 0. The molecule has 0 unspecified atom stereocenters. The van der Waals surface area contributed by atoms with Crippen molar-refractivity contribution >= 4 is 33.3 Å². The average molecular weight is 374 g/mol. The van der Waals surface area contributed by atoms with Gasteiger partial charge in [0.2, 0.25) is 0 Å². The molecule has 0 saturated heterocycles. The van der Waals surface area contributed by atoms with Crippen molar-refractivity contribution in [2.75, 3.05) is 5.32 Å². The van der Waals surface area contributed by atoms with Crippen LogP contribution in [0.3, 0.4) is 0 Å². The molecule has 3 heteroatoms. The monoisotopic (exact) mass is 374 g/mol. The predicted molar refractivity (Wildman–Crippen MR) is 119 cm³/mol. The Kier molecular flexibility index (Phi) is 4.26. The summed E-state index contributed by atoms with van der Waals surface area (Å²) in [4.78, 5) is 17.9. The maximum Gasteiger partial charge on any atom is 0.256 e. The van der Waals surface area contributed by atoms with Crippen LogP contribution in [-0.4, -0.2) is 10.9 Å². The quantitative estimate of drug-likeness (QED) is 0.402. The highest BCUT2D eigenvalue weighted by Gasteiger charge is 2.14. The maximum atomic E-state index is 13.1. The second-order valence-corrected chi connectivity index (χ2v) is 6.95. The van der Waals surface area contributed by atoms with Gasteiger partial charge in [-0.05, 0) is 41.1 Å². The van der Waals surface area contributed by atoms with E-state index in [4.69, 9.17) is 4.98 Å². The smallest absolute Gasteiger partial charge is 0.256 e. The summed E-state index contributed by atoms with van der Waals surface area (Å²) in [7, 11) is 0. The summed E-state index contributed by atoms with van der Waals surface area (Å²) < 4.78 is 0. The van der Waals surface area contributed by atoms with Gasteiger partial charge in [-0.3, -0.25) is 4.79 Å². The van der Waals surface area contributed by atoms with Crippen LogP contribution < -0.4 is 5.32 Å². The Morgan fingerprint density at radius 2 is 1.41 bits per heavy atom. The molecule has 0 atom stereocenters. The summed E-state index contributed by atoms with van der Waals surface area (Å²) in [6, 6.07) is 33.6. The van der Waals surface area contributed by atoms with Gasteiger partial charge in [-0.25, -0.2) is 4.98 Å². The molecule has 3 nitrogen and oxygen atoms in total. The number of amides is 1. The van der Waals surface area contributed by atoms with Crippen LogP contribution in [0.2, 0.25) is 0 Å². The molecule has 0 aliphatic heterocycles. The summed E-state index contributed by atoms with van der Waals surface area (Å²) >= 11 is 0. The summed E-state index contributed by atoms with van der Waals surface area (Å²) in [5, 5.41) is 6.16. The fourth-order valence-electron chi connectivity index (χ4n) is 3.58. The first-order valence-electron chi connectivity index (χ1n) is 9.53. The van der Waals surface area contributed by atoms with Crippen LogP contribution in [0.5, 0.6) is 0 Å². The van der Waals surface area contributed by atoms with Gasteiger partial charge in [-0.2, -0.15) is 0 Å². The van der Waals surface area contributed by atoms with Crippen LogP contribution in [0.1, 0.15) is 10.4 Å². The van der Waals surface area contributed by atoms with Gasteiger partial charge in [-0.1, -0.05) is 72.8 Å². The highest BCUT2D eigenvalue weighted by atomic mass is 16.1. The average Bonchev–Trinajstić information content (AvgIpc) is 2.78. The highest BCUT2D eigenvalue weighted by Crippen LogP contribution is 2.28. The van der Waals surface area contributed by atoms with Crippen molar-refractivity contribution in [3.05, 3.63) is 109 Å². The van der Waals surface area contributed by atoms with Gasteiger partial charge in [0.15, 0.2) is 0 Å². The third-order valence-corrected chi connectivity index (χ3v) is 5.04. The van der Waals surface area contributed by atoms with E-state index < -0.39 is 0 Å². The van der Waals surface area contributed by atoms with Gasteiger partial charge in [0.1, 0.15) is 0 Å². The molecule has 1 heterocycles.